The summed E-state index contributed by atoms with van der Waals surface area (Å²) in [6.07, 6.45) is 1.68. The number of hydrogen-bond donors (Lipinski definition) is 2. The predicted octanol–water partition coefficient (Wildman–Crippen LogP) is 3.99. The van der Waals surface area contributed by atoms with Gasteiger partial charge in [-0.25, -0.2) is 0 Å². The molecule has 4 nitrogen and oxygen atoms in total. The molecule has 0 aliphatic carbocycles. The van der Waals surface area contributed by atoms with Gasteiger partial charge in [0, 0.05) is 22.2 Å². The van der Waals surface area contributed by atoms with Crippen LogP contribution in [0.3, 0.4) is 0 Å². The molecule has 0 unspecified atom stereocenters. The van der Waals surface area contributed by atoms with Gasteiger partial charge >= 0.3 is 0 Å². The molecular weight excluding hydrogens is 336 g/mol. The lowest BCUT2D eigenvalue weighted by Gasteiger charge is -2.18. The third-order valence-electron chi connectivity index (χ3n) is 5.04. The molecule has 2 atom stereocenters. The first-order valence-corrected chi connectivity index (χ1v) is 9.20. The van der Waals surface area contributed by atoms with Gasteiger partial charge in [-0.15, -0.1) is 0 Å². The highest BCUT2D eigenvalue weighted by atomic mass is 16.3. The normalized spacial score (nSPS) is 13.6. The van der Waals surface area contributed by atoms with Crippen molar-refractivity contribution in [1.29, 1.82) is 0 Å². The van der Waals surface area contributed by atoms with Crippen LogP contribution in [-0.2, 0) is 0 Å². The Labute approximate surface area is 158 Å². The van der Waals surface area contributed by atoms with Crippen molar-refractivity contribution in [1.82, 2.24) is 4.98 Å². The molecule has 0 bridgehead atoms. The van der Waals surface area contributed by atoms with Crippen LogP contribution in [0, 0.1) is 6.92 Å². The maximum absolute atomic E-state index is 13.3. The second-order valence-corrected chi connectivity index (χ2v) is 6.92. The molecule has 0 amide bonds. The molecule has 27 heavy (non-hydrogen) atoms. The Balaban J connectivity index is 1.66. The smallest absolute Gasteiger partial charge is 0.222 e. The van der Waals surface area contributed by atoms with E-state index in [1.165, 1.54) is 0 Å². The minimum Gasteiger partial charge on any atom is -0.463 e. The monoisotopic (exact) mass is 359 g/mol. The summed E-state index contributed by atoms with van der Waals surface area (Å²) in [5.41, 5.74) is 3.80. The number of H-pyrrole nitrogens is 1. The van der Waals surface area contributed by atoms with Crippen molar-refractivity contribution < 1.29 is 14.5 Å². The summed E-state index contributed by atoms with van der Waals surface area (Å²) in [6, 6.07) is 21.6. The number of ketones is 1. The molecule has 0 saturated heterocycles. The maximum atomic E-state index is 13.3. The van der Waals surface area contributed by atoms with Crippen LogP contribution in [-0.4, -0.2) is 16.8 Å². The number of carbonyl (C=O) groups excluding carboxylic acids is 1. The van der Waals surface area contributed by atoms with E-state index in [4.69, 9.17) is 4.42 Å². The first kappa shape index (κ1) is 17.3. The molecule has 0 aliphatic rings. The summed E-state index contributed by atoms with van der Waals surface area (Å²) in [5.74, 6) is 0.967. The zero-order chi connectivity index (χ0) is 18.8. The third-order valence-corrected chi connectivity index (χ3v) is 5.04. The summed E-state index contributed by atoms with van der Waals surface area (Å²) in [4.78, 5) is 16.6. The average molecular weight is 359 g/mol. The Morgan fingerprint density at radius 1 is 1.00 bits per heavy atom. The van der Waals surface area contributed by atoms with Gasteiger partial charge in [-0.2, -0.15) is 0 Å². The van der Waals surface area contributed by atoms with Gasteiger partial charge < -0.3 is 14.7 Å². The maximum Gasteiger partial charge on any atom is 0.222 e. The molecule has 2 aromatic carbocycles. The van der Waals surface area contributed by atoms with Crippen molar-refractivity contribution in [3.8, 4) is 0 Å². The van der Waals surface area contributed by atoms with E-state index in [9.17, 15) is 4.79 Å². The molecule has 2 aromatic heterocycles. The number of rotatable bonds is 6. The first-order chi connectivity index (χ1) is 13.1. The standard InChI is InChI=1S/C23H22N2O2/c1-15-21(18-11-6-7-12-19(18)24-15)23(26)16(2)25-22(20-13-8-14-27-20)17-9-4-3-5-10-17/h3-14,16,22,24-25H,1-2H3/p+1/t16-,22+/m1/s1. The Hall–Kier alpha value is -3.11. The Morgan fingerprint density at radius 2 is 1.74 bits per heavy atom. The average Bonchev–Trinajstić information content (AvgIpc) is 3.33. The molecule has 4 aromatic rings. The summed E-state index contributed by atoms with van der Waals surface area (Å²) in [5, 5.41) is 3.06. The molecule has 0 fully saturated rings. The third kappa shape index (κ3) is 3.32. The summed E-state index contributed by atoms with van der Waals surface area (Å²) >= 11 is 0. The predicted molar refractivity (Wildman–Crippen MR) is 106 cm³/mol. The highest BCUT2D eigenvalue weighted by Crippen LogP contribution is 2.24. The molecular formula is C23H23N2O2+. The highest BCUT2D eigenvalue weighted by molar-refractivity contribution is 6.10. The lowest BCUT2D eigenvalue weighted by molar-refractivity contribution is -0.705. The molecule has 4 heteroatoms. The Kier molecular flexibility index (Phi) is 4.65. The molecule has 0 spiro atoms. The second-order valence-electron chi connectivity index (χ2n) is 6.92. The molecule has 0 saturated carbocycles. The number of carbonyl (C=O) groups is 1. The molecule has 0 radical (unpaired) electrons. The topological polar surface area (TPSA) is 62.6 Å². The largest absolute Gasteiger partial charge is 0.463 e. The van der Waals surface area contributed by atoms with Gasteiger partial charge in [0.25, 0.3) is 0 Å². The van der Waals surface area contributed by atoms with Crippen LogP contribution >= 0.6 is 0 Å². The van der Waals surface area contributed by atoms with Crippen LogP contribution in [0.1, 0.15) is 40.3 Å². The Bertz CT molecular complexity index is 1050. The number of hydrogen-bond acceptors (Lipinski definition) is 2. The van der Waals surface area contributed by atoms with Gasteiger partial charge in [-0.3, -0.25) is 4.79 Å². The van der Waals surface area contributed by atoms with Crippen LogP contribution in [0.4, 0.5) is 0 Å². The zero-order valence-corrected chi connectivity index (χ0v) is 15.5. The molecule has 136 valence electrons. The second kappa shape index (κ2) is 7.25. The quantitative estimate of drug-likeness (QED) is 0.511. The van der Waals surface area contributed by atoms with Crippen molar-refractivity contribution in [2.24, 2.45) is 0 Å². The summed E-state index contributed by atoms with van der Waals surface area (Å²) in [7, 11) is 0. The molecule has 3 N–H and O–H groups in total. The number of aromatic nitrogens is 1. The van der Waals surface area contributed by atoms with Crippen LogP contribution in [0.2, 0.25) is 0 Å². The van der Waals surface area contributed by atoms with E-state index in [1.807, 2.05) is 68.4 Å². The van der Waals surface area contributed by atoms with Gasteiger partial charge in [0.15, 0.2) is 11.8 Å². The first-order valence-electron chi connectivity index (χ1n) is 9.20. The van der Waals surface area contributed by atoms with Crippen molar-refractivity contribution in [2.75, 3.05) is 0 Å². The van der Waals surface area contributed by atoms with Crippen molar-refractivity contribution in [3.63, 3.8) is 0 Å². The van der Waals surface area contributed by atoms with E-state index >= 15 is 0 Å². The number of aromatic amines is 1. The molecule has 4 rings (SSSR count). The van der Waals surface area contributed by atoms with Crippen molar-refractivity contribution in [2.45, 2.75) is 25.9 Å². The van der Waals surface area contributed by atoms with Crippen molar-refractivity contribution in [3.05, 3.63) is 95.6 Å². The molecule has 0 aliphatic heterocycles. The number of aryl methyl sites for hydroxylation is 1. The number of benzene rings is 2. The highest BCUT2D eigenvalue weighted by Gasteiger charge is 2.29. The number of nitrogens with one attached hydrogen (secondary N) is 1. The van der Waals surface area contributed by atoms with E-state index in [2.05, 4.69) is 22.4 Å². The van der Waals surface area contributed by atoms with E-state index in [1.54, 1.807) is 6.26 Å². The summed E-state index contributed by atoms with van der Waals surface area (Å²) < 4.78 is 5.67. The number of fused-ring (bicyclic) bond motifs is 1. The zero-order valence-electron chi connectivity index (χ0n) is 15.5. The number of quaternary nitrogens is 1. The number of Topliss-reactive ketones (excluding diaryl/α,β-unsaturated/α-hetero) is 1. The Morgan fingerprint density at radius 3 is 2.48 bits per heavy atom. The van der Waals surface area contributed by atoms with Crippen molar-refractivity contribution >= 4 is 16.7 Å². The molecule has 2 heterocycles. The fraction of sp³-hybridized carbons (Fsp3) is 0.174. The minimum absolute atomic E-state index is 0.0642. The van der Waals surface area contributed by atoms with E-state index < -0.39 is 0 Å². The van der Waals surface area contributed by atoms with Gasteiger partial charge in [0.2, 0.25) is 5.78 Å². The van der Waals surface area contributed by atoms with E-state index in [-0.39, 0.29) is 17.9 Å². The lowest BCUT2D eigenvalue weighted by Crippen LogP contribution is -2.92. The number of nitrogens with two attached hydrogens (primary N) is 1. The van der Waals surface area contributed by atoms with Crippen LogP contribution in [0.25, 0.3) is 10.9 Å². The van der Waals surface area contributed by atoms with Gasteiger partial charge in [-0.05, 0) is 32.0 Å². The van der Waals surface area contributed by atoms with Gasteiger partial charge in [-0.1, -0.05) is 48.5 Å². The van der Waals surface area contributed by atoms with Crippen LogP contribution in [0.5, 0.6) is 0 Å². The number of furan rings is 1. The van der Waals surface area contributed by atoms with Gasteiger partial charge in [0.1, 0.15) is 6.04 Å². The summed E-state index contributed by atoms with van der Waals surface area (Å²) in [6.45, 7) is 3.92. The SMILES string of the molecule is Cc1[nH]c2ccccc2c1C(=O)[C@@H](C)[NH2+][C@@H](c1ccccc1)c1ccco1. The fourth-order valence-electron chi connectivity index (χ4n) is 3.70. The van der Waals surface area contributed by atoms with E-state index in [0.717, 1.165) is 33.5 Å². The van der Waals surface area contributed by atoms with Crippen LogP contribution < -0.4 is 5.32 Å². The number of para-hydroxylation sites is 1. The fourth-order valence-corrected chi connectivity index (χ4v) is 3.70. The lowest BCUT2D eigenvalue weighted by atomic mass is 9.99. The minimum atomic E-state index is -0.252. The van der Waals surface area contributed by atoms with Gasteiger partial charge in [0.05, 0.1) is 11.8 Å². The van der Waals surface area contributed by atoms with E-state index in [0.29, 0.717) is 0 Å². The van der Waals surface area contributed by atoms with Crippen LogP contribution in [0.15, 0.2) is 77.4 Å².